The molecule has 1 aliphatic heterocycles. The molecule has 4 heterocycles. The van der Waals surface area contributed by atoms with E-state index in [0.29, 0.717) is 18.1 Å². The van der Waals surface area contributed by atoms with E-state index in [-0.39, 0.29) is 11.8 Å². The number of nitrogens with zero attached hydrogens (tertiary/aromatic N) is 5. The SMILES string of the molecule is COc1ccc2cc(C(=O)N3CCC[C@@H](c4ccc(Nc5cnccn5)cn4)C3)n(C)c2c1. The van der Waals surface area contributed by atoms with Crippen LogP contribution in [0.3, 0.4) is 0 Å². The Balaban J connectivity index is 1.31. The smallest absolute Gasteiger partial charge is 0.270 e. The summed E-state index contributed by atoms with van der Waals surface area (Å²) in [5.74, 6) is 1.72. The summed E-state index contributed by atoms with van der Waals surface area (Å²) in [7, 11) is 3.58. The number of pyridine rings is 1. The largest absolute Gasteiger partial charge is 0.497 e. The fraction of sp³-hybridized carbons (Fsp3) is 0.280. The van der Waals surface area contributed by atoms with Crippen LogP contribution >= 0.6 is 0 Å². The number of methoxy groups -OCH3 is 1. The zero-order valence-electron chi connectivity index (χ0n) is 18.7. The van der Waals surface area contributed by atoms with Crippen molar-refractivity contribution in [3.05, 3.63) is 72.6 Å². The zero-order chi connectivity index (χ0) is 22.8. The number of rotatable bonds is 5. The number of carbonyl (C=O) groups is 1. The molecule has 4 aromatic rings. The van der Waals surface area contributed by atoms with Gasteiger partial charge in [0.05, 0.1) is 30.7 Å². The van der Waals surface area contributed by atoms with Gasteiger partial charge in [-0.2, -0.15) is 0 Å². The van der Waals surface area contributed by atoms with Crippen molar-refractivity contribution in [3.8, 4) is 5.75 Å². The van der Waals surface area contributed by atoms with Gasteiger partial charge in [0.15, 0.2) is 0 Å². The second-order valence-electron chi connectivity index (χ2n) is 8.29. The van der Waals surface area contributed by atoms with Crippen LogP contribution in [0.2, 0.25) is 0 Å². The van der Waals surface area contributed by atoms with Gasteiger partial charge in [-0.05, 0) is 43.2 Å². The fourth-order valence-corrected chi connectivity index (χ4v) is 4.44. The van der Waals surface area contributed by atoms with Crippen LogP contribution in [0, 0.1) is 0 Å². The number of benzene rings is 1. The van der Waals surface area contributed by atoms with E-state index in [2.05, 4.69) is 20.3 Å². The van der Waals surface area contributed by atoms with Crippen molar-refractivity contribution in [1.29, 1.82) is 0 Å². The Morgan fingerprint density at radius 2 is 2.03 bits per heavy atom. The molecule has 1 fully saturated rings. The molecule has 8 heteroatoms. The van der Waals surface area contributed by atoms with Crippen molar-refractivity contribution in [3.63, 3.8) is 0 Å². The highest BCUT2D eigenvalue weighted by Crippen LogP contribution is 2.29. The number of carbonyl (C=O) groups excluding carboxylic acids is 1. The predicted octanol–water partition coefficient (Wildman–Crippen LogP) is 4.14. The molecule has 0 radical (unpaired) electrons. The van der Waals surface area contributed by atoms with E-state index in [1.54, 1.807) is 25.7 Å². The standard InChI is InChI=1S/C25H26N6O2/c1-30-22-13-20(33-2)7-5-17(22)12-23(30)25(32)31-11-3-4-18(16-31)21-8-6-19(14-28-21)29-24-15-26-9-10-27-24/h5-10,12-15,18H,3-4,11,16H2,1-2H3,(H,27,29)/t18-/m1/s1. The molecule has 1 aliphatic rings. The lowest BCUT2D eigenvalue weighted by Crippen LogP contribution is -2.40. The van der Waals surface area contributed by atoms with E-state index >= 15 is 0 Å². The Bertz CT molecular complexity index is 1270. The second kappa shape index (κ2) is 8.90. The topological polar surface area (TPSA) is 85.2 Å². The maximum absolute atomic E-state index is 13.4. The van der Waals surface area contributed by atoms with Gasteiger partial charge in [-0.15, -0.1) is 0 Å². The summed E-state index contributed by atoms with van der Waals surface area (Å²) >= 11 is 0. The molecule has 0 saturated carbocycles. The minimum absolute atomic E-state index is 0.0540. The second-order valence-corrected chi connectivity index (χ2v) is 8.29. The van der Waals surface area contributed by atoms with Crippen molar-refractivity contribution in [1.82, 2.24) is 24.4 Å². The number of aryl methyl sites for hydroxylation is 1. The van der Waals surface area contributed by atoms with Crippen LogP contribution in [-0.2, 0) is 7.05 Å². The van der Waals surface area contributed by atoms with E-state index < -0.39 is 0 Å². The molecule has 1 N–H and O–H groups in total. The number of fused-ring (bicyclic) bond motifs is 1. The molecule has 1 amide bonds. The average molecular weight is 443 g/mol. The number of anilines is 2. The highest BCUT2D eigenvalue weighted by molar-refractivity contribution is 5.99. The molecule has 5 rings (SSSR count). The van der Waals surface area contributed by atoms with E-state index in [4.69, 9.17) is 4.74 Å². The van der Waals surface area contributed by atoms with E-state index in [1.165, 1.54) is 0 Å². The third kappa shape index (κ3) is 4.24. The van der Waals surface area contributed by atoms with Crippen LogP contribution in [-0.4, -0.2) is 50.5 Å². The Hall–Kier alpha value is -3.94. The van der Waals surface area contributed by atoms with Gasteiger partial charge in [0, 0.05) is 55.6 Å². The van der Waals surface area contributed by atoms with Crippen LogP contribution in [0.5, 0.6) is 5.75 Å². The summed E-state index contributed by atoms with van der Waals surface area (Å²) in [4.78, 5) is 28.3. The minimum Gasteiger partial charge on any atom is -0.497 e. The zero-order valence-corrected chi connectivity index (χ0v) is 18.7. The highest BCUT2D eigenvalue weighted by Gasteiger charge is 2.28. The van der Waals surface area contributed by atoms with Crippen LogP contribution in [0.25, 0.3) is 10.9 Å². The predicted molar refractivity (Wildman–Crippen MR) is 127 cm³/mol. The number of nitrogens with one attached hydrogen (secondary N) is 1. The normalized spacial score (nSPS) is 16.1. The first-order chi connectivity index (χ1) is 16.1. The summed E-state index contributed by atoms with van der Waals surface area (Å²) in [6.45, 7) is 1.42. The molecule has 0 aliphatic carbocycles. The number of aromatic nitrogens is 4. The van der Waals surface area contributed by atoms with Gasteiger partial charge in [-0.3, -0.25) is 14.8 Å². The van der Waals surface area contributed by atoms with Crippen molar-refractivity contribution in [2.45, 2.75) is 18.8 Å². The highest BCUT2D eigenvalue weighted by atomic mass is 16.5. The molecule has 0 unspecified atom stereocenters. The lowest BCUT2D eigenvalue weighted by Gasteiger charge is -2.32. The van der Waals surface area contributed by atoms with Gasteiger partial charge < -0.3 is 19.5 Å². The third-order valence-electron chi connectivity index (χ3n) is 6.22. The van der Waals surface area contributed by atoms with Crippen molar-refractivity contribution in [2.75, 3.05) is 25.5 Å². The molecular weight excluding hydrogens is 416 g/mol. The molecule has 8 nitrogen and oxygen atoms in total. The summed E-state index contributed by atoms with van der Waals surface area (Å²) < 4.78 is 7.29. The number of likely N-dealkylation sites (tertiary alicyclic amines) is 1. The summed E-state index contributed by atoms with van der Waals surface area (Å²) in [5.41, 5.74) is 3.53. The van der Waals surface area contributed by atoms with Gasteiger partial charge >= 0.3 is 0 Å². The van der Waals surface area contributed by atoms with Crippen molar-refractivity contribution in [2.24, 2.45) is 7.05 Å². The van der Waals surface area contributed by atoms with Crippen LogP contribution < -0.4 is 10.1 Å². The van der Waals surface area contributed by atoms with Crippen molar-refractivity contribution >= 4 is 28.3 Å². The first-order valence-electron chi connectivity index (χ1n) is 11.0. The quantitative estimate of drug-likeness (QED) is 0.500. The number of ether oxygens (including phenoxy) is 1. The maximum atomic E-state index is 13.4. The summed E-state index contributed by atoms with van der Waals surface area (Å²) in [6.07, 6.45) is 8.72. The molecule has 1 atom stereocenters. The van der Waals surface area contributed by atoms with Crippen LogP contribution in [0.15, 0.2) is 61.2 Å². The minimum atomic E-state index is 0.0540. The van der Waals surface area contributed by atoms with Crippen LogP contribution in [0.1, 0.15) is 34.9 Å². The molecule has 3 aromatic heterocycles. The molecule has 1 aromatic carbocycles. The van der Waals surface area contributed by atoms with Gasteiger partial charge in [0.1, 0.15) is 17.3 Å². The molecule has 1 saturated heterocycles. The Kier molecular flexibility index (Phi) is 5.64. The lowest BCUT2D eigenvalue weighted by atomic mass is 9.94. The van der Waals surface area contributed by atoms with E-state index in [9.17, 15) is 4.79 Å². The maximum Gasteiger partial charge on any atom is 0.270 e. The van der Waals surface area contributed by atoms with Gasteiger partial charge in [0.2, 0.25) is 0 Å². The average Bonchev–Trinajstić information content (AvgIpc) is 3.20. The van der Waals surface area contributed by atoms with Gasteiger partial charge in [-0.25, -0.2) is 4.98 Å². The number of piperidine rings is 1. The number of hydrogen-bond acceptors (Lipinski definition) is 6. The third-order valence-corrected chi connectivity index (χ3v) is 6.22. The molecule has 168 valence electrons. The lowest BCUT2D eigenvalue weighted by molar-refractivity contribution is 0.0696. The fourth-order valence-electron chi connectivity index (χ4n) is 4.44. The van der Waals surface area contributed by atoms with Gasteiger partial charge in [-0.1, -0.05) is 0 Å². The number of hydrogen-bond donors (Lipinski definition) is 1. The first kappa shape index (κ1) is 20.9. The first-order valence-corrected chi connectivity index (χ1v) is 11.0. The Labute approximate surface area is 192 Å². The molecular formula is C25H26N6O2. The molecule has 0 spiro atoms. The monoisotopic (exact) mass is 442 g/mol. The van der Waals surface area contributed by atoms with Crippen LogP contribution in [0.4, 0.5) is 11.5 Å². The summed E-state index contributed by atoms with van der Waals surface area (Å²) in [6, 6.07) is 11.9. The summed E-state index contributed by atoms with van der Waals surface area (Å²) in [5, 5.41) is 4.23. The molecule has 0 bridgehead atoms. The Morgan fingerprint density at radius 1 is 1.12 bits per heavy atom. The van der Waals surface area contributed by atoms with Gasteiger partial charge in [0.25, 0.3) is 5.91 Å². The Morgan fingerprint density at radius 3 is 2.79 bits per heavy atom. The molecule has 33 heavy (non-hydrogen) atoms. The van der Waals surface area contributed by atoms with E-state index in [0.717, 1.165) is 47.4 Å². The number of amides is 1. The van der Waals surface area contributed by atoms with Crippen molar-refractivity contribution < 1.29 is 9.53 Å². The van der Waals surface area contributed by atoms with E-state index in [1.807, 2.05) is 59.1 Å².